The zero-order valence-electron chi connectivity index (χ0n) is 10.5. The summed E-state index contributed by atoms with van der Waals surface area (Å²) < 4.78 is 39.6. The minimum absolute atomic E-state index is 0. The monoisotopic (exact) mass is 312 g/mol. The Kier molecular flexibility index (Phi) is 5.50. The van der Waals surface area contributed by atoms with Crippen molar-refractivity contribution in [2.45, 2.75) is 12.2 Å². The van der Waals surface area contributed by atoms with Gasteiger partial charge in [-0.2, -0.15) is 13.2 Å². The largest absolute Gasteiger partial charge is 0.504 e. The SMILES string of the molecule is Cl.Oc1ccc([C@H](N2CCNCC2)C(F)(F)F)cc1O. The average molecular weight is 313 g/mol. The molecule has 0 spiro atoms. The Labute approximate surface area is 120 Å². The Bertz CT molecular complexity index is 451. The van der Waals surface area contributed by atoms with Crippen molar-refractivity contribution in [2.75, 3.05) is 26.2 Å². The highest BCUT2D eigenvalue weighted by Crippen LogP contribution is 2.40. The second kappa shape index (κ2) is 6.51. The fourth-order valence-electron chi connectivity index (χ4n) is 2.26. The molecule has 0 amide bonds. The number of halogens is 4. The molecule has 20 heavy (non-hydrogen) atoms. The molecule has 1 fully saturated rings. The molecular weight excluding hydrogens is 297 g/mol. The van der Waals surface area contributed by atoms with Gasteiger partial charge in [-0.25, -0.2) is 0 Å². The van der Waals surface area contributed by atoms with E-state index in [0.29, 0.717) is 13.1 Å². The van der Waals surface area contributed by atoms with Crippen molar-refractivity contribution >= 4 is 12.4 Å². The van der Waals surface area contributed by atoms with Crippen LogP contribution in [0.4, 0.5) is 13.2 Å². The number of phenols is 2. The van der Waals surface area contributed by atoms with E-state index >= 15 is 0 Å². The molecule has 0 unspecified atom stereocenters. The van der Waals surface area contributed by atoms with Crippen LogP contribution in [0, 0.1) is 0 Å². The van der Waals surface area contributed by atoms with E-state index in [2.05, 4.69) is 5.32 Å². The van der Waals surface area contributed by atoms with Crippen LogP contribution >= 0.6 is 12.4 Å². The molecule has 1 heterocycles. The summed E-state index contributed by atoms with van der Waals surface area (Å²) in [6.45, 7) is 1.56. The Hall–Kier alpha value is -1.18. The van der Waals surface area contributed by atoms with Gasteiger partial charge in [0.05, 0.1) is 0 Å². The maximum absolute atomic E-state index is 13.2. The van der Waals surface area contributed by atoms with Crippen molar-refractivity contribution < 1.29 is 23.4 Å². The van der Waals surface area contributed by atoms with Gasteiger partial charge in [0.25, 0.3) is 0 Å². The van der Waals surface area contributed by atoms with E-state index in [1.165, 1.54) is 11.0 Å². The van der Waals surface area contributed by atoms with Crippen molar-refractivity contribution in [2.24, 2.45) is 0 Å². The van der Waals surface area contributed by atoms with E-state index in [1.54, 1.807) is 0 Å². The average Bonchev–Trinajstić information content (AvgIpc) is 2.34. The molecule has 0 saturated carbocycles. The van der Waals surface area contributed by atoms with E-state index in [9.17, 15) is 23.4 Å². The summed E-state index contributed by atoms with van der Waals surface area (Å²) in [5.74, 6) is -0.966. The minimum Gasteiger partial charge on any atom is -0.504 e. The lowest BCUT2D eigenvalue weighted by Crippen LogP contribution is -2.49. The Morgan fingerprint density at radius 3 is 2.20 bits per heavy atom. The molecule has 8 heteroatoms. The summed E-state index contributed by atoms with van der Waals surface area (Å²) >= 11 is 0. The number of nitrogens with one attached hydrogen (secondary N) is 1. The van der Waals surface area contributed by atoms with Crippen molar-refractivity contribution in [3.05, 3.63) is 23.8 Å². The van der Waals surface area contributed by atoms with Gasteiger partial charge in [-0.1, -0.05) is 6.07 Å². The maximum Gasteiger partial charge on any atom is 0.408 e. The number of benzene rings is 1. The van der Waals surface area contributed by atoms with Gasteiger partial charge < -0.3 is 15.5 Å². The summed E-state index contributed by atoms with van der Waals surface area (Å²) in [5, 5.41) is 21.5. The molecule has 4 nitrogen and oxygen atoms in total. The number of rotatable bonds is 2. The quantitative estimate of drug-likeness (QED) is 0.732. The smallest absolute Gasteiger partial charge is 0.408 e. The highest BCUT2D eigenvalue weighted by atomic mass is 35.5. The minimum atomic E-state index is -4.43. The van der Waals surface area contributed by atoms with E-state index in [4.69, 9.17) is 0 Å². The third kappa shape index (κ3) is 3.68. The zero-order valence-corrected chi connectivity index (χ0v) is 11.3. The van der Waals surface area contributed by atoms with Gasteiger partial charge in [-0.3, -0.25) is 4.90 Å². The van der Waals surface area contributed by atoms with Crippen molar-refractivity contribution in [3.8, 4) is 11.5 Å². The second-order valence-electron chi connectivity index (χ2n) is 4.48. The van der Waals surface area contributed by atoms with Crippen LogP contribution < -0.4 is 5.32 Å². The summed E-state index contributed by atoms with van der Waals surface area (Å²) in [4.78, 5) is 1.32. The van der Waals surface area contributed by atoms with Crippen LogP contribution in [0.5, 0.6) is 11.5 Å². The molecule has 2 rings (SSSR count). The van der Waals surface area contributed by atoms with E-state index in [-0.39, 0.29) is 31.1 Å². The topological polar surface area (TPSA) is 55.7 Å². The van der Waals surface area contributed by atoms with Crippen LogP contribution in [0.3, 0.4) is 0 Å². The Balaban J connectivity index is 0.00000200. The van der Waals surface area contributed by atoms with Gasteiger partial charge in [-0.15, -0.1) is 12.4 Å². The summed E-state index contributed by atoms with van der Waals surface area (Å²) in [7, 11) is 0. The predicted octanol–water partition coefficient (Wildman–Crippen LogP) is 2.03. The first-order chi connectivity index (χ1) is 8.89. The number of phenolic OH excluding ortho intramolecular Hbond substituents is 2. The predicted molar refractivity (Wildman–Crippen MR) is 70.3 cm³/mol. The molecule has 1 aromatic rings. The Morgan fingerprint density at radius 2 is 1.70 bits per heavy atom. The molecule has 1 aliphatic rings. The number of hydrogen-bond acceptors (Lipinski definition) is 4. The van der Waals surface area contributed by atoms with Crippen LogP contribution in [0.25, 0.3) is 0 Å². The lowest BCUT2D eigenvalue weighted by atomic mass is 10.0. The van der Waals surface area contributed by atoms with E-state index in [0.717, 1.165) is 12.1 Å². The molecule has 0 aromatic heterocycles. The van der Waals surface area contributed by atoms with Gasteiger partial charge in [0.1, 0.15) is 6.04 Å². The third-order valence-electron chi connectivity index (χ3n) is 3.14. The molecule has 0 aliphatic carbocycles. The normalized spacial score (nSPS) is 18.4. The van der Waals surface area contributed by atoms with Crippen LogP contribution in [-0.2, 0) is 0 Å². The standard InChI is InChI=1S/C12H15F3N2O2.ClH/c13-12(14,15)11(17-5-3-16-4-6-17)8-1-2-9(18)10(19)7-8;/h1-2,7,11,16,18-19H,3-6H2;1H/t11-;/m0./s1. The van der Waals surface area contributed by atoms with Gasteiger partial charge in [0.2, 0.25) is 0 Å². The highest BCUT2D eigenvalue weighted by Gasteiger charge is 2.45. The van der Waals surface area contributed by atoms with Gasteiger partial charge >= 0.3 is 6.18 Å². The maximum atomic E-state index is 13.2. The second-order valence-corrected chi connectivity index (χ2v) is 4.48. The van der Waals surface area contributed by atoms with E-state index in [1.807, 2.05) is 0 Å². The molecule has 1 aromatic carbocycles. The van der Waals surface area contributed by atoms with Crippen LogP contribution in [0.2, 0.25) is 0 Å². The fourth-order valence-corrected chi connectivity index (χ4v) is 2.26. The van der Waals surface area contributed by atoms with Crippen LogP contribution in [-0.4, -0.2) is 47.5 Å². The van der Waals surface area contributed by atoms with E-state index < -0.39 is 23.7 Å². The molecule has 1 aliphatic heterocycles. The summed E-state index contributed by atoms with van der Waals surface area (Å²) in [5.41, 5.74) is -0.0651. The number of aromatic hydroxyl groups is 2. The van der Waals surface area contributed by atoms with Crippen molar-refractivity contribution in [1.29, 1.82) is 0 Å². The molecule has 3 N–H and O–H groups in total. The summed E-state index contributed by atoms with van der Waals surface area (Å²) in [6.07, 6.45) is -4.43. The first-order valence-corrected chi connectivity index (χ1v) is 5.93. The van der Waals surface area contributed by atoms with Gasteiger partial charge in [-0.05, 0) is 17.7 Å². The first-order valence-electron chi connectivity index (χ1n) is 5.93. The number of nitrogens with zero attached hydrogens (tertiary/aromatic N) is 1. The summed E-state index contributed by atoms with van der Waals surface area (Å²) in [6, 6.07) is 1.47. The lowest BCUT2D eigenvalue weighted by Gasteiger charge is -2.36. The molecule has 0 radical (unpaired) electrons. The van der Waals surface area contributed by atoms with Gasteiger partial charge in [0.15, 0.2) is 11.5 Å². The molecular formula is C12H16ClF3N2O2. The molecule has 0 bridgehead atoms. The van der Waals surface area contributed by atoms with Gasteiger partial charge in [0, 0.05) is 26.2 Å². The molecule has 1 atom stereocenters. The number of hydrogen-bond donors (Lipinski definition) is 3. The molecule has 1 saturated heterocycles. The zero-order chi connectivity index (χ0) is 14.0. The van der Waals surface area contributed by atoms with Crippen molar-refractivity contribution in [1.82, 2.24) is 10.2 Å². The highest BCUT2D eigenvalue weighted by molar-refractivity contribution is 5.85. The fraction of sp³-hybridized carbons (Fsp3) is 0.500. The third-order valence-corrected chi connectivity index (χ3v) is 3.14. The van der Waals surface area contributed by atoms with Crippen LogP contribution in [0.1, 0.15) is 11.6 Å². The number of piperazine rings is 1. The molecule has 114 valence electrons. The van der Waals surface area contributed by atoms with Crippen LogP contribution in [0.15, 0.2) is 18.2 Å². The van der Waals surface area contributed by atoms with Crippen molar-refractivity contribution in [3.63, 3.8) is 0 Å². The number of alkyl halides is 3. The first kappa shape index (κ1) is 16.9. The lowest BCUT2D eigenvalue weighted by molar-refractivity contribution is -0.187. The Morgan fingerprint density at radius 1 is 1.10 bits per heavy atom.